The van der Waals surface area contributed by atoms with E-state index < -0.39 is 0 Å². The second-order valence-corrected chi connectivity index (χ2v) is 7.04. The fraction of sp³-hybridized carbons (Fsp3) is 0.526. The molecule has 0 bridgehead atoms. The van der Waals surface area contributed by atoms with Crippen molar-refractivity contribution < 1.29 is 9.53 Å². The van der Waals surface area contributed by atoms with E-state index in [2.05, 4.69) is 25.8 Å². The van der Waals surface area contributed by atoms with Crippen LogP contribution < -0.4 is 15.4 Å². The van der Waals surface area contributed by atoms with Crippen LogP contribution in [-0.4, -0.2) is 66.1 Å². The van der Waals surface area contributed by atoms with Crippen molar-refractivity contribution in [3.8, 4) is 5.75 Å². The van der Waals surface area contributed by atoms with Gasteiger partial charge in [-0.15, -0.1) is 29.9 Å². The minimum absolute atomic E-state index is 0. The molecule has 1 amide bonds. The van der Waals surface area contributed by atoms with Gasteiger partial charge in [-0.3, -0.25) is 4.79 Å². The topological polar surface area (TPSA) is 84.3 Å². The summed E-state index contributed by atoms with van der Waals surface area (Å²) >= 11 is 0. The van der Waals surface area contributed by atoms with Crippen molar-refractivity contribution in [2.75, 3.05) is 40.3 Å². The Kier molecular flexibility index (Phi) is 11.0. The predicted molar refractivity (Wildman–Crippen MR) is 117 cm³/mol. The molecule has 29 heavy (non-hydrogen) atoms. The summed E-state index contributed by atoms with van der Waals surface area (Å²) < 4.78 is 7.49. The lowest BCUT2D eigenvalue weighted by Gasteiger charge is -2.22. The lowest BCUT2D eigenvalue weighted by atomic mass is 10.1. The first-order chi connectivity index (χ1) is 13.1. The number of ether oxygens (including phenoxy) is 1. The highest BCUT2D eigenvalue weighted by Gasteiger charge is 2.18. The molecule has 1 aromatic heterocycles. The van der Waals surface area contributed by atoms with Gasteiger partial charge in [-0.2, -0.15) is 0 Å². The van der Waals surface area contributed by atoms with E-state index in [-0.39, 0.29) is 30.7 Å². The van der Waals surface area contributed by atoms with Crippen molar-refractivity contribution in [2.24, 2.45) is 0 Å². The SMILES string of the molecule is CN(C)CCOc1ccc(CNC(=O)c2cn(C3CCNCC3)nn2)cc1.Cl.Cl. The van der Waals surface area contributed by atoms with Gasteiger partial charge in [0.15, 0.2) is 5.69 Å². The van der Waals surface area contributed by atoms with Crippen molar-refractivity contribution in [3.63, 3.8) is 0 Å². The quantitative estimate of drug-likeness (QED) is 0.646. The first-order valence-electron chi connectivity index (χ1n) is 9.39. The van der Waals surface area contributed by atoms with Gasteiger partial charge >= 0.3 is 0 Å². The molecule has 2 N–H and O–H groups in total. The molecule has 10 heteroatoms. The zero-order valence-electron chi connectivity index (χ0n) is 16.8. The maximum Gasteiger partial charge on any atom is 0.273 e. The largest absolute Gasteiger partial charge is 0.492 e. The van der Waals surface area contributed by atoms with Crippen molar-refractivity contribution in [3.05, 3.63) is 41.7 Å². The third kappa shape index (κ3) is 7.81. The first-order valence-corrected chi connectivity index (χ1v) is 9.39. The summed E-state index contributed by atoms with van der Waals surface area (Å²) in [4.78, 5) is 14.4. The van der Waals surface area contributed by atoms with Crippen molar-refractivity contribution in [1.82, 2.24) is 30.5 Å². The molecule has 0 aliphatic carbocycles. The third-order valence-corrected chi connectivity index (χ3v) is 4.61. The van der Waals surface area contributed by atoms with E-state index >= 15 is 0 Å². The smallest absolute Gasteiger partial charge is 0.273 e. The number of nitrogens with one attached hydrogen (secondary N) is 2. The van der Waals surface area contributed by atoms with Gasteiger partial charge in [0.1, 0.15) is 12.4 Å². The van der Waals surface area contributed by atoms with Crippen LogP contribution in [0.15, 0.2) is 30.5 Å². The molecular formula is C19H30Cl2N6O2. The van der Waals surface area contributed by atoms with E-state index in [0.717, 1.165) is 43.8 Å². The van der Waals surface area contributed by atoms with Crippen LogP contribution in [0.4, 0.5) is 0 Å². The van der Waals surface area contributed by atoms with Crippen LogP contribution in [0.2, 0.25) is 0 Å². The van der Waals surface area contributed by atoms with Crippen LogP contribution in [0.3, 0.4) is 0 Å². The molecule has 3 rings (SSSR count). The Morgan fingerprint density at radius 2 is 1.93 bits per heavy atom. The summed E-state index contributed by atoms with van der Waals surface area (Å²) in [6.07, 6.45) is 3.76. The van der Waals surface area contributed by atoms with E-state index in [4.69, 9.17) is 4.74 Å². The molecular weight excluding hydrogens is 415 g/mol. The molecule has 162 valence electrons. The number of carbonyl (C=O) groups excluding carboxylic acids is 1. The van der Waals surface area contributed by atoms with Gasteiger partial charge in [0, 0.05) is 13.1 Å². The number of hydrogen-bond donors (Lipinski definition) is 2. The van der Waals surface area contributed by atoms with E-state index in [0.29, 0.717) is 24.9 Å². The number of piperidine rings is 1. The Labute approximate surface area is 184 Å². The van der Waals surface area contributed by atoms with E-state index in [9.17, 15) is 4.79 Å². The van der Waals surface area contributed by atoms with Gasteiger partial charge in [0.2, 0.25) is 0 Å². The van der Waals surface area contributed by atoms with Gasteiger partial charge in [-0.1, -0.05) is 17.3 Å². The predicted octanol–water partition coefficient (Wildman–Crippen LogP) is 1.92. The first kappa shape index (κ1) is 25.2. The monoisotopic (exact) mass is 444 g/mol. The average molecular weight is 445 g/mol. The number of carbonyl (C=O) groups is 1. The molecule has 0 spiro atoms. The number of aromatic nitrogens is 3. The van der Waals surface area contributed by atoms with Crippen LogP contribution in [0.5, 0.6) is 5.75 Å². The van der Waals surface area contributed by atoms with E-state index in [1.54, 1.807) is 6.20 Å². The highest BCUT2D eigenvalue weighted by Crippen LogP contribution is 2.17. The maximum atomic E-state index is 12.3. The molecule has 2 aromatic rings. The summed E-state index contributed by atoms with van der Waals surface area (Å²) in [5.74, 6) is 0.623. The number of hydrogen-bond acceptors (Lipinski definition) is 6. The Balaban J connectivity index is 0.00000210. The highest BCUT2D eigenvalue weighted by molar-refractivity contribution is 5.91. The van der Waals surface area contributed by atoms with Crippen molar-refractivity contribution in [1.29, 1.82) is 0 Å². The fourth-order valence-electron chi connectivity index (χ4n) is 2.95. The van der Waals surface area contributed by atoms with Crippen molar-refractivity contribution in [2.45, 2.75) is 25.4 Å². The zero-order chi connectivity index (χ0) is 19.1. The molecule has 0 unspecified atom stereocenters. The number of likely N-dealkylation sites (N-methyl/N-ethyl adjacent to an activating group) is 1. The minimum Gasteiger partial charge on any atom is -0.492 e. The normalized spacial score (nSPS) is 14.0. The third-order valence-electron chi connectivity index (χ3n) is 4.61. The van der Waals surface area contributed by atoms with Gasteiger partial charge in [-0.25, -0.2) is 4.68 Å². The molecule has 1 aliphatic rings. The average Bonchev–Trinajstić information content (AvgIpc) is 3.18. The highest BCUT2D eigenvalue weighted by atomic mass is 35.5. The van der Waals surface area contributed by atoms with Gasteiger partial charge in [0.25, 0.3) is 5.91 Å². The van der Waals surface area contributed by atoms with Crippen LogP contribution in [0.25, 0.3) is 0 Å². The Hall–Kier alpha value is -1.87. The Morgan fingerprint density at radius 3 is 2.59 bits per heavy atom. The standard InChI is InChI=1S/C19H28N6O2.2ClH/c1-24(2)11-12-27-17-5-3-15(4-6-17)13-21-19(26)18-14-25(23-22-18)16-7-9-20-10-8-16;;/h3-6,14,16,20H,7-13H2,1-2H3,(H,21,26);2*1H. The second kappa shape index (κ2) is 12.6. The van der Waals surface area contributed by atoms with Crippen LogP contribution in [0, 0.1) is 0 Å². The van der Waals surface area contributed by atoms with E-state index in [1.165, 1.54) is 0 Å². The number of benzene rings is 1. The molecule has 1 saturated heterocycles. The number of halogens is 2. The molecule has 1 fully saturated rings. The number of rotatable bonds is 8. The number of amides is 1. The molecule has 8 nitrogen and oxygen atoms in total. The summed E-state index contributed by atoms with van der Waals surface area (Å²) in [5, 5.41) is 14.4. The van der Waals surface area contributed by atoms with Gasteiger partial charge in [0.05, 0.1) is 12.2 Å². The van der Waals surface area contributed by atoms with Gasteiger partial charge < -0.3 is 20.3 Å². The Bertz CT molecular complexity index is 733. The Morgan fingerprint density at radius 1 is 1.24 bits per heavy atom. The molecule has 0 atom stereocenters. The van der Waals surface area contributed by atoms with Crippen LogP contribution in [0.1, 0.15) is 34.9 Å². The lowest BCUT2D eigenvalue weighted by Crippen LogP contribution is -2.29. The molecule has 1 aromatic carbocycles. The number of nitrogens with zero attached hydrogens (tertiary/aromatic N) is 4. The lowest BCUT2D eigenvalue weighted by molar-refractivity contribution is 0.0946. The summed E-state index contributed by atoms with van der Waals surface area (Å²) in [7, 11) is 4.03. The molecule has 0 radical (unpaired) electrons. The molecule has 0 saturated carbocycles. The van der Waals surface area contributed by atoms with Gasteiger partial charge in [-0.05, 0) is 57.7 Å². The van der Waals surface area contributed by atoms with Crippen molar-refractivity contribution >= 4 is 30.7 Å². The maximum absolute atomic E-state index is 12.3. The van der Waals surface area contributed by atoms with Crippen LogP contribution >= 0.6 is 24.8 Å². The minimum atomic E-state index is -0.207. The second-order valence-electron chi connectivity index (χ2n) is 7.04. The molecule has 1 aliphatic heterocycles. The molecule has 2 heterocycles. The summed E-state index contributed by atoms with van der Waals surface area (Å²) in [6.45, 7) is 3.91. The summed E-state index contributed by atoms with van der Waals surface area (Å²) in [6, 6.07) is 8.07. The van der Waals surface area contributed by atoms with Crippen LogP contribution in [-0.2, 0) is 6.54 Å². The zero-order valence-corrected chi connectivity index (χ0v) is 18.5. The van der Waals surface area contributed by atoms with E-state index in [1.807, 2.05) is 43.0 Å². The summed E-state index contributed by atoms with van der Waals surface area (Å²) in [5.41, 5.74) is 1.37. The fourth-order valence-corrected chi connectivity index (χ4v) is 2.95.